The molecule has 0 unspecified atom stereocenters. The van der Waals surface area contributed by atoms with Crippen molar-refractivity contribution in [2.45, 2.75) is 43.8 Å². The minimum absolute atomic E-state index is 0.0230. The summed E-state index contributed by atoms with van der Waals surface area (Å²) in [5.74, 6) is 0. The van der Waals surface area contributed by atoms with Crippen LogP contribution in [0.4, 0.5) is 18.9 Å². The first kappa shape index (κ1) is 19.5. The maximum Gasteiger partial charge on any atom is 0.433 e. The molecule has 1 saturated carbocycles. The summed E-state index contributed by atoms with van der Waals surface area (Å²) in [7, 11) is 0. The van der Waals surface area contributed by atoms with Crippen molar-refractivity contribution in [2.75, 3.05) is 38.2 Å². The molecule has 0 bridgehead atoms. The van der Waals surface area contributed by atoms with Crippen LogP contribution in [-0.4, -0.2) is 48.3 Å². The number of rotatable bonds is 4. The lowest BCUT2D eigenvalue weighted by molar-refractivity contribution is -0.140. The number of anilines is 1. The molecule has 0 amide bonds. The quantitative estimate of drug-likeness (QED) is 0.817. The Morgan fingerprint density at radius 2 is 1.79 bits per heavy atom. The summed E-state index contributed by atoms with van der Waals surface area (Å²) in [4.78, 5) is 6.30. The van der Waals surface area contributed by atoms with Gasteiger partial charge in [-0.05, 0) is 25.0 Å². The number of fused-ring (bicyclic) bond motifs is 1. The Morgan fingerprint density at radius 1 is 1.07 bits per heavy atom. The fraction of sp³-hybridized carbons (Fsp3) is 0.571. The van der Waals surface area contributed by atoms with Gasteiger partial charge in [0.2, 0.25) is 0 Å². The summed E-state index contributed by atoms with van der Waals surface area (Å²) in [6.07, 6.45) is 1.20. The fourth-order valence-corrected chi connectivity index (χ4v) is 4.58. The number of hydrogen-bond acceptors (Lipinski definition) is 4. The topological polar surface area (TPSA) is 37.4 Å². The highest BCUT2D eigenvalue weighted by Crippen LogP contribution is 2.37. The van der Waals surface area contributed by atoms with Crippen LogP contribution in [0.2, 0.25) is 0 Å². The molecule has 28 heavy (non-hydrogen) atoms. The number of benzene rings is 1. The van der Waals surface area contributed by atoms with Gasteiger partial charge >= 0.3 is 6.18 Å². The zero-order valence-electron chi connectivity index (χ0n) is 15.9. The van der Waals surface area contributed by atoms with Crippen LogP contribution in [0.25, 0.3) is 10.9 Å². The predicted octanol–water partition coefficient (Wildman–Crippen LogP) is 4.70. The van der Waals surface area contributed by atoms with Crippen molar-refractivity contribution in [3.05, 3.63) is 36.0 Å². The van der Waals surface area contributed by atoms with E-state index in [-0.39, 0.29) is 5.54 Å². The van der Waals surface area contributed by atoms with E-state index in [0.29, 0.717) is 17.7 Å². The minimum Gasteiger partial charge on any atom is -0.383 e. The average Bonchev–Trinajstić information content (AvgIpc) is 2.72. The van der Waals surface area contributed by atoms with Crippen LogP contribution >= 0.6 is 0 Å². The third kappa shape index (κ3) is 3.96. The molecule has 2 aromatic rings. The molecule has 2 fully saturated rings. The van der Waals surface area contributed by atoms with Crippen molar-refractivity contribution < 1.29 is 17.9 Å². The largest absolute Gasteiger partial charge is 0.433 e. The van der Waals surface area contributed by atoms with Crippen LogP contribution in [0.5, 0.6) is 0 Å². The Bertz CT molecular complexity index is 812. The van der Waals surface area contributed by atoms with Crippen LogP contribution in [0, 0.1) is 0 Å². The highest BCUT2D eigenvalue weighted by molar-refractivity contribution is 5.91. The number of pyridine rings is 1. The van der Waals surface area contributed by atoms with E-state index in [0.717, 1.165) is 63.4 Å². The second-order valence-electron chi connectivity index (χ2n) is 7.81. The number of nitrogens with one attached hydrogen (secondary N) is 1. The van der Waals surface area contributed by atoms with E-state index in [1.165, 1.54) is 6.42 Å². The molecule has 0 spiro atoms. The van der Waals surface area contributed by atoms with Crippen molar-refractivity contribution in [3.63, 3.8) is 0 Å². The first-order valence-electron chi connectivity index (χ1n) is 10.0. The van der Waals surface area contributed by atoms with E-state index in [4.69, 9.17) is 4.74 Å². The second kappa shape index (κ2) is 7.87. The zero-order chi connectivity index (χ0) is 19.6. The average molecular weight is 393 g/mol. The van der Waals surface area contributed by atoms with Gasteiger partial charge in [-0.2, -0.15) is 13.2 Å². The van der Waals surface area contributed by atoms with E-state index in [9.17, 15) is 13.2 Å². The number of alkyl halides is 3. The summed E-state index contributed by atoms with van der Waals surface area (Å²) in [6.45, 7) is 3.84. The van der Waals surface area contributed by atoms with E-state index >= 15 is 0 Å². The normalized spacial score (nSPS) is 21.0. The summed E-state index contributed by atoms with van der Waals surface area (Å²) in [6, 6.07) is 8.16. The molecule has 0 atom stereocenters. The van der Waals surface area contributed by atoms with Gasteiger partial charge in [-0.1, -0.05) is 37.5 Å². The van der Waals surface area contributed by atoms with E-state index < -0.39 is 11.9 Å². The van der Waals surface area contributed by atoms with Gasteiger partial charge in [-0.15, -0.1) is 0 Å². The van der Waals surface area contributed by atoms with E-state index in [1.54, 1.807) is 12.1 Å². The predicted molar refractivity (Wildman–Crippen MR) is 103 cm³/mol. The van der Waals surface area contributed by atoms with Gasteiger partial charge in [0.15, 0.2) is 0 Å². The summed E-state index contributed by atoms with van der Waals surface area (Å²) >= 11 is 0. The SMILES string of the molecule is FC(F)(F)c1cc(NCC2(N3CCOCC3)CCCCC2)c2ccccc2n1. The Balaban J connectivity index is 1.64. The Kier molecular flexibility index (Phi) is 5.47. The second-order valence-corrected chi connectivity index (χ2v) is 7.81. The van der Waals surface area contributed by atoms with Gasteiger partial charge in [-0.25, -0.2) is 4.98 Å². The van der Waals surface area contributed by atoms with Crippen LogP contribution in [-0.2, 0) is 10.9 Å². The molecule has 2 aliphatic rings. The Morgan fingerprint density at radius 3 is 2.50 bits per heavy atom. The van der Waals surface area contributed by atoms with Crippen LogP contribution in [0.3, 0.4) is 0 Å². The van der Waals surface area contributed by atoms with Crippen LogP contribution < -0.4 is 5.32 Å². The smallest absolute Gasteiger partial charge is 0.383 e. The van der Waals surface area contributed by atoms with Crippen molar-refractivity contribution in [2.24, 2.45) is 0 Å². The van der Waals surface area contributed by atoms with Crippen molar-refractivity contribution in [1.82, 2.24) is 9.88 Å². The van der Waals surface area contributed by atoms with Crippen molar-refractivity contribution >= 4 is 16.6 Å². The minimum atomic E-state index is -4.47. The number of morpholine rings is 1. The molecule has 1 aliphatic carbocycles. The lowest BCUT2D eigenvalue weighted by Crippen LogP contribution is -2.58. The maximum atomic E-state index is 13.3. The molecule has 1 N–H and O–H groups in total. The number of para-hydroxylation sites is 1. The van der Waals surface area contributed by atoms with Gasteiger partial charge in [0.05, 0.1) is 18.7 Å². The molecule has 4 nitrogen and oxygen atoms in total. The number of aromatic nitrogens is 1. The molecule has 1 aliphatic heterocycles. The molecule has 2 heterocycles. The highest BCUT2D eigenvalue weighted by Gasteiger charge is 2.39. The van der Waals surface area contributed by atoms with Crippen molar-refractivity contribution in [1.29, 1.82) is 0 Å². The first-order valence-corrected chi connectivity index (χ1v) is 10.0. The van der Waals surface area contributed by atoms with Gasteiger partial charge in [0.25, 0.3) is 0 Å². The highest BCUT2D eigenvalue weighted by atomic mass is 19.4. The molecule has 1 aromatic heterocycles. The van der Waals surface area contributed by atoms with Crippen LogP contribution in [0.1, 0.15) is 37.8 Å². The summed E-state index contributed by atoms with van der Waals surface area (Å²) in [5.41, 5.74) is 0.00272. The van der Waals surface area contributed by atoms with E-state index in [2.05, 4.69) is 15.2 Å². The zero-order valence-corrected chi connectivity index (χ0v) is 15.9. The number of halogens is 3. The van der Waals surface area contributed by atoms with Crippen molar-refractivity contribution in [3.8, 4) is 0 Å². The van der Waals surface area contributed by atoms with E-state index in [1.807, 2.05) is 12.1 Å². The molecule has 1 saturated heterocycles. The Labute approximate surface area is 163 Å². The third-order valence-corrected chi connectivity index (χ3v) is 6.08. The Hall–Kier alpha value is -1.86. The first-order chi connectivity index (χ1) is 13.5. The standard InChI is InChI=1S/C21H26F3N3O/c22-21(23,24)19-14-18(16-6-2-3-7-17(16)26-19)25-15-20(8-4-1-5-9-20)27-10-12-28-13-11-27/h2-3,6-7,14H,1,4-5,8-13,15H2,(H,25,26). The fourth-order valence-electron chi connectivity index (χ4n) is 4.58. The molecule has 7 heteroatoms. The van der Waals surface area contributed by atoms with Gasteiger partial charge in [-0.3, -0.25) is 4.90 Å². The maximum absolute atomic E-state index is 13.3. The molecule has 4 rings (SSSR count). The number of hydrogen-bond donors (Lipinski definition) is 1. The third-order valence-electron chi connectivity index (χ3n) is 6.08. The molecular weight excluding hydrogens is 367 g/mol. The molecule has 0 radical (unpaired) electrons. The summed E-state index contributed by atoms with van der Waals surface area (Å²) in [5, 5.41) is 4.11. The van der Waals surface area contributed by atoms with Gasteiger partial charge in [0.1, 0.15) is 5.69 Å². The van der Waals surface area contributed by atoms with Crippen LogP contribution in [0.15, 0.2) is 30.3 Å². The number of nitrogens with zero attached hydrogens (tertiary/aromatic N) is 2. The molecule has 1 aromatic carbocycles. The van der Waals surface area contributed by atoms with Gasteiger partial charge in [0, 0.05) is 36.2 Å². The van der Waals surface area contributed by atoms with Gasteiger partial charge < -0.3 is 10.1 Å². The lowest BCUT2D eigenvalue weighted by Gasteiger charge is -2.48. The summed E-state index contributed by atoms with van der Waals surface area (Å²) < 4.78 is 45.5. The monoisotopic (exact) mass is 393 g/mol. The molecular formula is C21H26F3N3O. The lowest BCUT2D eigenvalue weighted by atomic mass is 9.79. The number of ether oxygens (including phenoxy) is 1. The molecule has 152 valence electrons.